The number of carbonyl (C=O) groups excluding carboxylic acids is 2. The van der Waals surface area contributed by atoms with Crippen molar-refractivity contribution in [2.45, 2.75) is 405 Å². The number of allylic oxidation sites excluding steroid dienone is 14. The van der Waals surface area contributed by atoms with Gasteiger partial charge in [0, 0.05) is 12.8 Å². The molecular formula is C86H159NO8P+. The van der Waals surface area contributed by atoms with Crippen LogP contribution in [0.1, 0.15) is 399 Å². The Morgan fingerprint density at radius 2 is 0.594 bits per heavy atom. The summed E-state index contributed by atoms with van der Waals surface area (Å²) >= 11 is 0. The van der Waals surface area contributed by atoms with E-state index < -0.39 is 26.5 Å². The van der Waals surface area contributed by atoms with Crippen molar-refractivity contribution in [3.63, 3.8) is 0 Å². The van der Waals surface area contributed by atoms with Crippen molar-refractivity contribution in [1.29, 1.82) is 0 Å². The van der Waals surface area contributed by atoms with Gasteiger partial charge in [0.05, 0.1) is 27.7 Å². The minimum Gasteiger partial charge on any atom is -0.462 e. The number of phosphoric ester groups is 1. The van der Waals surface area contributed by atoms with Crippen LogP contribution in [0.5, 0.6) is 0 Å². The highest BCUT2D eigenvalue weighted by Gasteiger charge is 2.27. The van der Waals surface area contributed by atoms with Crippen molar-refractivity contribution in [3.8, 4) is 0 Å². The van der Waals surface area contributed by atoms with E-state index in [9.17, 15) is 19.0 Å². The topological polar surface area (TPSA) is 108 Å². The molecule has 2 atom stereocenters. The molecule has 0 aliphatic heterocycles. The van der Waals surface area contributed by atoms with Crippen molar-refractivity contribution < 1.29 is 42.1 Å². The summed E-state index contributed by atoms with van der Waals surface area (Å²) in [5.41, 5.74) is 0. The highest BCUT2D eigenvalue weighted by Crippen LogP contribution is 2.43. The minimum absolute atomic E-state index is 0.0329. The highest BCUT2D eigenvalue weighted by atomic mass is 31.2. The molecule has 0 rings (SSSR count). The fourth-order valence-electron chi connectivity index (χ4n) is 12.1. The summed E-state index contributed by atoms with van der Waals surface area (Å²) in [5.74, 6) is -0.776. The monoisotopic (exact) mass is 1370 g/mol. The van der Waals surface area contributed by atoms with Crippen molar-refractivity contribution in [1.82, 2.24) is 0 Å². The molecule has 96 heavy (non-hydrogen) atoms. The zero-order chi connectivity index (χ0) is 69.7. The fourth-order valence-corrected chi connectivity index (χ4v) is 12.9. The molecule has 0 fully saturated rings. The highest BCUT2D eigenvalue weighted by molar-refractivity contribution is 7.47. The zero-order valence-corrected chi connectivity index (χ0v) is 65.0. The Bertz CT molecular complexity index is 1900. The second-order valence-corrected chi connectivity index (χ2v) is 30.6. The van der Waals surface area contributed by atoms with Crippen LogP contribution in [0, 0.1) is 0 Å². The Kier molecular flexibility index (Phi) is 74.1. The molecule has 0 aromatic rings. The van der Waals surface area contributed by atoms with Gasteiger partial charge in [-0.2, -0.15) is 0 Å². The third-order valence-corrected chi connectivity index (χ3v) is 19.4. The molecule has 0 bridgehead atoms. The molecule has 0 aliphatic rings. The number of esters is 2. The molecule has 0 radical (unpaired) electrons. The average Bonchev–Trinajstić information content (AvgIpc) is 1.98. The molecule has 0 aliphatic carbocycles. The Morgan fingerprint density at radius 1 is 0.333 bits per heavy atom. The number of unbranched alkanes of at least 4 members (excludes halogenated alkanes) is 49. The van der Waals surface area contributed by atoms with Crippen molar-refractivity contribution in [2.75, 3.05) is 47.5 Å². The van der Waals surface area contributed by atoms with Gasteiger partial charge in [-0.05, 0) is 89.9 Å². The van der Waals surface area contributed by atoms with Gasteiger partial charge in [0.2, 0.25) is 0 Å². The smallest absolute Gasteiger partial charge is 0.462 e. The van der Waals surface area contributed by atoms with Crippen LogP contribution in [0.4, 0.5) is 0 Å². The van der Waals surface area contributed by atoms with Crippen molar-refractivity contribution in [3.05, 3.63) is 85.1 Å². The van der Waals surface area contributed by atoms with E-state index in [4.69, 9.17) is 18.5 Å². The van der Waals surface area contributed by atoms with Gasteiger partial charge in [-0.25, -0.2) is 4.57 Å². The second-order valence-electron chi connectivity index (χ2n) is 29.1. The van der Waals surface area contributed by atoms with Gasteiger partial charge in [-0.3, -0.25) is 18.6 Å². The molecule has 0 saturated carbocycles. The molecule has 9 nitrogen and oxygen atoms in total. The Hall–Kier alpha value is -2.81. The lowest BCUT2D eigenvalue weighted by atomic mass is 10.0. The lowest BCUT2D eigenvalue weighted by Gasteiger charge is -2.24. The summed E-state index contributed by atoms with van der Waals surface area (Å²) in [6.07, 6.45) is 106. The van der Waals surface area contributed by atoms with Crippen LogP contribution in [-0.4, -0.2) is 74.9 Å². The molecule has 0 saturated heterocycles. The summed E-state index contributed by atoms with van der Waals surface area (Å²) < 4.78 is 34.9. The van der Waals surface area contributed by atoms with Gasteiger partial charge in [-0.15, -0.1) is 0 Å². The van der Waals surface area contributed by atoms with Gasteiger partial charge in [0.1, 0.15) is 19.8 Å². The van der Waals surface area contributed by atoms with Gasteiger partial charge in [-0.1, -0.05) is 381 Å². The largest absolute Gasteiger partial charge is 0.472 e. The Balaban J connectivity index is 3.90. The van der Waals surface area contributed by atoms with Crippen LogP contribution in [-0.2, 0) is 32.7 Å². The molecule has 1 N–H and O–H groups in total. The van der Waals surface area contributed by atoms with E-state index in [-0.39, 0.29) is 25.6 Å². The van der Waals surface area contributed by atoms with Crippen LogP contribution in [0.25, 0.3) is 0 Å². The number of ether oxygens (including phenoxy) is 2. The van der Waals surface area contributed by atoms with Crippen molar-refractivity contribution in [2.24, 2.45) is 0 Å². The van der Waals surface area contributed by atoms with E-state index >= 15 is 0 Å². The molecule has 0 aromatic heterocycles. The SMILES string of the molecule is CC/C=C\C/C=C\C/C=C\C/C=C\CCCCCCCCCCCCCCCCCCCCCCCCCCCCC(=O)OC(COC(=O)CCCCCCCCCCCCCCCCCCCC/C=C\C/C=C\C/C=C\CCCCCCC)COP(=O)(O)OCC[N+](C)(C)C. The maximum Gasteiger partial charge on any atom is 0.472 e. The standard InChI is InChI=1S/C86H158NO8P/c1-6-8-10-12-14-16-18-20-22-24-26-28-30-32-34-36-38-40-41-42-43-44-45-47-49-51-53-55-57-59-61-63-65-67-69-71-73-75-77-79-86(89)95-84(83-94-96(90,91)93-81-80-87(3,4)5)82-92-85(88)78-76-74-72-70-68-66-64-62-60-58-56-54-52-50-48-46-39-37-35-33-31-29-27-25-23-21-19-17-15-13-11-9-7-2/h8,10,14,16,19-22,25-28,31,33,84H,6-7,9,11-13,15,17-18,23-24,29-30,32,34-83H2,1-5H3/p+1/b10-8-,16-14-,21-19-,22-20-,27-25-,28-26-,33-31-. The molecule has 0 spiro atoms. The van der Waals surface area contributed by atoms with E-state index in [2.05, 4.69) is 98.9 Å². The summed E-state index contributed by atoms with van der Waals surface area (Å²) in [7, 11) is 1.50. The van der Waals surface area contributed by atoms with E-state index in [0.29, 0.717) is 23.9 Å². The summed E-state index contributed by atoms with van der Waals surface area (Å²) in [4.78, 5) is 36.0. The summed E-state index contributed by atoms with van der Waals surface area (Å²) in [6.45, 7) is 4.37. The molecular weight excluding hydrogens is 1210 g/mol. The Labute approximate surface area is 596 Å². The van der Waals surface area contributed by atoms with E-state index in [0.717, 1.165) is 70.6 Å². The number of likely N-dealkylation sites (N-methyl/N-ethyl adjacent to an activating group) is 1. The number of quaternary nitrogens is 1. The maximum atomic E-state index is 12.9. The molecule has 0 heterocycles. The predicted octanol–water partition coefficient (Wildman–Crippen LogP) is 27.6. The van der Waals surface area contributed by atoms with Gasteiger partial charge >= 0.3 is 19.8 Å². The van der Waals surface area contributed by atoms with Crippen molar-refractivity contribution >= 4 is 19.8 Å². The normalized spacial score (nSPS) is 13.4. The number of nitrogens with zero attached hydrogens (tertiary/aromatic N) is 1. The number of hydrogen-bond acceptors (Lipinski definition) is 7. The number of rotatable bonds is 77. The fraction of sp³-hybridized carbons (Fsp3) is 0.814. The predicted molar refractivity (Wildman–Crippen MR) is 418 cm³/mol. The summed E-state index contributed by atoms with van der Waals surface area (Å²) in [5, 5.41) is 0. The van der Waals surface area contributed by atoms with E-state index in [1.165, 1.54) is 295 Å². The first-order chi connectivity index (χ1) is 47.0. The quantitative estimate of drug-likeness (QED) is 0.0211. The molecule has 0 amide bonds. The number of phosphoric acid groups is 1. The first kappa shape index (κ1) is 93.2. The van der Waals surface area contributed by atoms with E-state index in [1.807, 2.05) is 21.1 Å². The lowest BCUT2D eigenvalue weighted by Crippen LogP contribution is -2.37. The van der Waals surface area contributed by atoms with Gasteiger partial charge in [0.15, 0.2) is 6.10 Å². The molecule has 2 unspecified atom stereocenters. The third kappa shape index (κ3) is 80.2. The van der Waals surface area contributed by atoms with Crippen LogP contribution >= 0.6 is 7.82 Å². The first-order valence-electron chi connectivity index (χ1n) is 41.3. The van der Waals surface area contributed by atoms with Gasteiger partial charge in [0.25, 0.3) is 0 Å². The molecule has 0 aromatic carbocycles. The van der Waals surface area contributed by atoms with E-state index in [1.54, 1.807) is 0 Å². The van der Waals surface area contributed by atoms with Gasteiger partial charge < -0.3 is 18.9 Å². The number of carbonyl (C=O) groups is 2. The third-order valence-electron chi connectivity index (χ3n) is 18.4. The van der Waals surface area contributed by atoms with Crippen LogP contribution < -0.4 is 0 Å². The van der Waals surface area contributed by atoms with Crippen LogP contribution in [0.2, 0.25) is 0 Å². The number of hydrogen-bond donors (Lipinski definition) is 1. The second kappa shape index (κ2) is 76.4. The molecule has 10 heteroatoms. The zero-order valence-electron chi connectivity index (χ0n) is 64.1. The summed E-state index contributed by atoms with van der Waals surface area (Å²) in [6, 6.07) is 0. The maximum absolute atomic E-state index is 12.9. The van der Waals surface area contributed by atoms with Crippen LogP contribution in [0.15, 0.2) is 85.1 Å². The average molecular weight is 1370 g/mol. The lowest BCUT2D eigenvalue weighted by molar-refractivity contribution is -0.870. The molecule has 560 valence electrons. The minimum atomic E-state index is -4.40. The first-order valence-corrected chi connectivity index (χ1v) is 42.8. The Morgan fingerprint density at radius 3 is 0.885 bits per heavy atom. The van der Waals surface area contributed by atoms with Crippen LogP contribution in [0.3, 0.4) is 0 Å².